The van der Waals surface area contributed by atoms with Crippen LogP contribution in [0.2, 0.25) is 0 Å². The molecule has 0 unspecified atom stereocenters. The molecule has 0 aliphatic carbocycles. The topological polar surface area (TPSA) is 69.7 Å². The summed E-state index contributed by atoms with van der Waals surface area (Å²) in [6, 6.07) is 8.86. The fourth-order valence-corrected chi connectivity index (χ4v) is 5.05. The van der Waals surface area contributed by atoms with Gasteiger partial charge in [0.05, 0.1) is 11.4 Å². The summed E-state index contributed by atoms with van der Waals surface area (Å²) in [6.45, 7) is 2.44. The quantitative estimate of drug-likeness (QED) is 0.751. The first kappa shape index (κ1) is 19.9. The number of thiophene rings is 1. The van der Waals surface area contributed by atoms with Crippen molar-refractivity contribution in [2.45, 2.75) is 11.3 Å². The van der Waals surface area contributed by atoms with Crippen molar-refractivity contribution in [3.8, 4) is 0 Å². The van der Waals surface area contributed by atoms with Gasteiger partial charge in [0.1, 0.15) is 5.82 Å². The van der Waals surface area contributed by atoms with Gasteiger partial charge >= 0.3 is 0 Å². The Morgan fingerprint density at radius 3 is 2.44 bits per heavy atom. The van der Waals surface area contributed by atoms with Crippen molar-refractivity contribution in [1.29, 1.82) is 0 Å². The van der Waals surface area contributed by atoms with Crippen LogP contribution in [-0.2, 0) is 21.2 Å². The molecule has 6 nitrogen and oxygen atoms in total. The first-order chi connectivity index (χ1) is 12.9. The number of carbonyl (C=O) groups excluding carboxylic acids is 1. The minimum absolute atomic E-state index is 0.0543. The average molecular weight is 412 g/mol. The Balaban J connectivity index is 1.44. The first-order valence-corrected chi connectivity index (χ1v) is 11.0. The normalized spacial score (nSPS) is 16.3. The second-order valence-electron chi connectivity index (χ2n) is 6.31. The predicted octanol–water partition coefficient (Wildman–Crippen LogP) is 1.55. The molecule has 2 heterocycles. The van der Waals surface area contributed by atoms with Crippen LogP contribution < -0.4 is 5.32 Å². The van der Waals surface area contributed by atoms with Gasteiger partial charge in [-0.2, -0.15) is 4.31 Å². The Morgan fingerprint density at radius 2 is 1.81 bits per heavy atom. The van der Waals surface area contributed by atoms with Crippen molar-refractivity contribution in [1.82, 2.24) is 14.5 Å². The van der Waals surface area contributed by atoms with E-state index in [9.17, 15) is 17.6 Å². The van der Waals surface area contributed by atoms with Crippen molar-refractivity contribution >= 4 is 27.3 Å². The number of rotatable bonds is 7. The molecule has 27 heavy (non-hydrogen) atoms. The Kier molecular flexibility index (Phi) is 6.59. The van der Waals surface area contributed by atoms with Gasteiger partial charge in [-0.15, -0.1) is 11.3 Å². The van der Waals surface area contributed by atoms with E-state index in [1.807, 2.05) is 22.4 Å². The van der Waals surface area contributed by atoms with E-state index in [0.29, 0.717) is 32.7 Å². The zero-order valence-corrected chi connectivity index (χ0v) is 16.4. The van der Waals surface area contributed by atoms with Crippen molar-refractivity contribution in [2.24, 2.45) is 0 Å². The third-order valence-corrected chi connectivity index (χ3v) is 7.27. The summed E-state index contributed by atoms with van der Waals surface area (Å²) in [4.78, 5) is 15.3. The van der Waals surface area contributed by atoms with Crippen LogP contribution in [0, 0.1) is 5.82 Å². The van der Waals surface area contributed by atoms with E-state index in [-0.39, 0.29) is 17.3 Å². The van der Waals surface area contributed by atoms with Crippen LogP contribution in [0.5, 0.6) is 0 Å². The maximum Gasteiger partial charge on any atom is 0.243 e. The predicted molar refractivity (Wildman–Crippen MR) is 103 cm³/mol. The van der Waals surface area contributed by atoms with Crippen LogP contribution in [0.25, 0.3) is 0 Å². The molecule has 0 bridgehead atoms. The highest BCUT2D eigenvalue weighted by atomic mass is 32.2. The lowest BCUT2D eigenvalue weighted by atomic mass is 10.3. The highest BCUT2D eigenvalue weighted by molar-refractivity contribution is 7.89. The van der Waals surface area contributed by atoms with Gasteiger partial charge in [0.25, 0.3) is 0 Å². The molecule has 0 spiro atoms. The van der Waals surface area contributed by atoms with Crippen molar-refractivity contribution in [3.05, 3.63) is 52.5 Å². The summed E-state index contributed by atoms with van der Waals surface area (Å²) in [5.74, 6) is -0.523. The number of nitrogens with one attached hydrogen (secondary N) is 1. The first-order valence-electron chi connectivity index (χ1n) is 8.72. The molecule has 1 aliphatic rings. The highest BCUT2D eigenvalue weighted by Crippen LogP contribution is 2.18. The molecule has 1 aromatic carbocycles. The van der Waals surface area contributed by atoms with E-state index in [4.69, 9.17) is 0 Å². The second-order valence-corrected chi connectivity index (χ2v) is 9.28. The van der Waals surface area contributed by atoms with Crippen LogP contribution in [0.3, 0.4) is 0 Å². The molecule has 2 aromatic rings. The number of benzene rings is 1. The molecule has 0 radical (unpaired) electrons. The van der Waals surface area contributed by atoms with E-state index in [2.05, 4.69) is 5.32 Å². The second kappa shape index (κ2) is 8.92. The molecule has 1 fully saturated rings. The van der Waals surface area contributed by atoms with Crippen LogP contribution in [0.1, 0.15) is 4.88 Å². The minimum atomic E-state index is -3.63. The lowest BCUT2D eigenvalue weighted by Crippen LogP contribution is -2.51. The van der Waals surface area contributed by atoms with Gasteiger partial charge < -0.3 is 5.32 Å². The SMILES string of the molecule is O=C(CN1CCN(S(=O)(=O)c2ccc(F)cc2)CC1)NCCc1cccs1. The molecule has 0 saturated carbocycles. The molecule has 0 atom stereocenters. The van der Waals surface area contributed by atoms with Crippen LogP contribution in [0.4, 0.5) is 4.39 Å². The monoisotopic (exact) mass is 411 g/mol. The summed E-state index contributed by atoms with van der Waals surface area (Å²) < 4.78 is 39.6. The summed E-state index contributed by atoms with van der Waals surface area (Å²) in [5, 5.41) is 4.91. The van der Waals surface area contributed by atoms with Crippen LogP contribution >= 0.6 is 11.3 Å². The standard InChI is InChI=1S/C18H22FN3O3S2/c19-15-3-5-17(6-4-15)27(24,25)22-11-9-21(10-12-22)14-18(23)20-8-7-16-2-1-13-26-16/h1-6,13H,7-12,14H2,(H,20,23). The number of carbonyl (C=O) groups is 1. The largest absolute Gasteiger partial charge is 0.355 e. The Morgan fingerprint density at radius 1 is 1.11 bits per heavy atom. The number of piperazine rings is 1. The van der Waals surface area contributed by atoms with Crippen molar-refractivity contribution in [3.63, 3.8) is 0 Å². The number of hydrogen-bond donors (Lipinski definition) is 1. The van der Waals surface area contributed by atoms with Crippen LogP contribution in [0.15, 0.2) is 46.7 Å². The van der Waals surface area contributed by atoms with Gasteiger partial charge in [0.2, 0.25) is 15.9 Å². The van der Waals surface area contributed by atoms with Crippen molar-refractivity contribution < 1.29 is 17.6 Å². The fraction of sp³-hybridized carbons (Fsp3) is 0.389. The van der Waals surface area contributed by atoms with Gasteiger partial charge in [0.15, 0.2) is 0 Å². The number of amides is 1. The number of sulfonamides is 1. The van der Waals surface area contributed by atoms with E-state index >= 15 is 0 Å². The maximum absolute atomic E-state index is 13.0. The molecule has 1 aliphatic heterocycles. The number of hydrogen-bond acceptors (Lipinski definition) is 5. The maximum atomic E-state index is 13.0. The molecule has 1 saturated heterocycles. The van der Waals surface area contributed by atoms with Gasteiger partial charge in [-0.3, -0.25) is 9.69 Å². The average Bonchev–Trinajstić information content (AvgIpc) is 3.16. The lowest BCUT2D eigenvalue weighted by Gasteiger charge is -2.33. The molecule has 1 aromatic heterocycles. The van der Waals surface area contributed by atoms with E-state index in [0.717, 1.165) is 18.6 Å². The minimum Gasteiger partial charge on any atom is -0.355 e. The highest BCUT2D eigenvalue weighted by Gasteiger charge is 2.29. The molecule has 146 valence electrons. The molecule has 1 N–H and O–H groups in total. The smallest absolute Gasteiger partial charge is 0.243 e. The third kappa shape index (κ3) is 5.35. The Bertz CT molecular complexity index is 846. The summed E-state index contributed by atoms with van der Waals surface area (Å²) in [5.41, 5.74) is 0. The molecular weight excluding hydrogens is 389 g/mol. The Labute approximate surface area is 162 Å². The van der Waals surface area contributed by atoms with Gasteiger partial charge in [-0.1, -0.05) is 6.07 Å². The summed E-state index contributed by atoms with van der Waals surface area (Å²) in [7, 11) is -3.63. The molecule has 3 rings (SSSR count). The number of halogens is 1. The molecule has 9 heteroatoms. The summed E-state index contributed by atoms with van der Waals surface area (Å²) in [6.07, 6.45) is 0.813. The van der Waals surface area contributed by atoms with Crippen LogP contribution in [-0.4, -0.2) is 62.8 Å². The number of nitrogens with zero attached hydrogens (tertiary/aromatic N) is 2. The third-order valence-electron chi connectivity index (χ3n) is 4.42. The van der Waals surface area contributed by atoms with Gasteiger partial charge in [-0.25, -0.2) is 12.8 Å². The van der Waals surface area contributed by atoms with Crippen molar-refractivity contribution in [2.75, 3.05) is 39.3 Å². The van der Waals surface area contributed by atoms with E-state index in [1.54, 1.807) is 11.3 Å². The zero-order chi connectivity index (χ0) is 19.3. The van der Waals surface area contributed by atoms with E-state index < -0.39 is 15.8 Å². The van der Waals surface area contributed by atoms with Gasteiger partial charge in [-0.05, 0) is 42.1 Å². The Hall–Kier alpha value is -1.81. The summed E-state index contributed by atoms with van der Waals surface area (Å²) >= 11 is 1.67. The fourth-order valence-electron chi connectivity index (χ4n) is 2.92. The zero-order valence-electron chi connectivity index (χ0n) is 14.8. The molecule has 1 amide bonds. The lowest BCUT2D eigenvalue weighted by molar-refractivity contribution is -0.122. The van der Waals surface area contributed by atoms with E-state index in [1.165, 1.54) is 21.3 Å². The van der Waals surface area contributed by atoms with Gasteiger partial charge in [0, 0.05) is 37.6 Å². The molecular formula is C18H22FN3O3S2.